The van der Waals surface area contributed by atoms with Crippen LogP contribution in [0.25, 0.3) is 0 Å². The summed E-state index contributed by atoms with van der Waals surface area (Å²) in [4.78, 5) is 70.8. The van der Waals surface area contributed by atoms with Crippen molar-refractivity contribution in [1.82, 2.24) is 26.2 Å². The van der Waals surface area contributed by atoms with E-state index in [1.165, 1.54) is 0 Å². The fourth-order valence-electron chi connectivity index (χ4n) is 10.4. The standard InChI is InChI=1S/C38H60FN5O7S/c1-36(2)25-23-44(29(28(25)36)32(46)41-26(15-14-24-12-13-24)30(45)33(47)40-21-20-39)34(48)31(37(3)16-6-4-7-17-37)42-35(49)43-38(18-8-5-9-19-38)27-11-10-22-52(27,50)51/h24-29,31H,4-23H2,1-3H3,(H,40,47)(H,41,46)(H2,42,43,49)/t25-,26-,27-,28-,29-,31+/m0/s1. The van der Waals surface area contributed by atoms with E-state index in [1.807, 2.05) is 6.92 Å². The molecule has 292 valence electrons. The number of amides is 5. The number of likely N-dealkylation sites (tertiary alicyclic amines) is 1. The Morgan fingerprint density at radius 2 is 1.52 bits per heavy atom. The molecule has 0 unspecified atom stereocenters. The molecule has 6 rings (SSSR count). The number of fused-ring (bicyclic) bond motifs is 1. The number of urea groups is 1. The maximum Gasteiger partial charge on any atom is 0.315 e. The van der Waals surface area contributed by atoms with E-state index >= 15 is 0 Å². The van der Waals surface area contributed by atoms with Gasteiger partial charge in [-0.3, -0.25) is 19.2 Å². The van der Waals surface area contributed by atoms with Gasteiger partial charge in [0.1, 0.15) is 18.8 Å². The maximum atomic E-state index is 14.9. The average molecular weight is 750 g/mol. The molecule has 12 nitrogen and oxygen atoms in total. The lowest BCUT2D eigenvalue weighted by Crippen LogP contribution is -2.66. The van der Waals surface area contributed by atoms with Crippen LogP contribution in [0.1, 0.15) is 124 Å². The van der Waals surface area contributed by atoms with Gasteiger partial charge in [0.15, 0.2) is 9.84 Å². The van der Waals surface area contributed by atoms with Crippen LogP contribution in [0, 0.1) is 28.6 Å². The highest BCUT2D eigenvalue weighted by Gasteiger charge is 2.70. The zero-order valence-corrected chi connectivity index (χ0v) is 32.1. The van der Waals surface area contributed by atoms with Crippen molar-refractivity contribution in [1.29, 1.82) is 0 Å². The summed E-state index contributed by atoms with van der Waals surface area (Å²) < 4.78 is 39.2. The number of hydrogen-bond acceptors (Lipinski definition) is 7. The molecule has 6 aliphatic rings. The van der Waals surface area contributed by atoms with Crippen molar-refractivity contribution >= 4 is 39.4 Å². The fraction of sp³-hybridized carbons (Fsp3) is 0.868. The second-order valence-corrected chi connectivity index (χ2v) is 20.0. The molecule has 0 aromatic rings. The van der Waals surface area contributed by atoms with Gasteiger partial charge in [-0.05, 0) is 80.0 Å². The highest BCUT2D eigenvalue weighted by atomic mass is 32.2. The molecule has 2 aliphatic heterocycles. The van der Waals surface area contributed by atoms with Crippen LogP contribution < -0.4 is 21.3 Å². The van der Waals surface area contributed by atoms with E-state index in [1.54, 1.807) is 4.90 Å². The SMILES string of the molecule is CC1([C@H](NC(=O)NC2([C@@H]3CCCS3(=O)=O)CCCCC2)C(=O)N2C[C@H]3[C@@H]([C@H]2C(=O)N[C@@H](CCC2CC2)C(=O)C(=O)NCCF)C3(C)C)CCCCC1. The Morgan fingerprint density at radius 1 is 0.865 bits per heavy atom. The smallest absolute Gasteiger partial charge is 0.315 e. The minimum absolute atomic E-state index is 0.0485. The van der Waals surface area contributed by atoms with E-state index < -0.39 is 74.5 Å². The minimum Gasteiger partial charge on any atom is -0.347 e. The molecule has 14 heteroatoms. The molecular formula is C38H60FN5O7S. The van der Waals surface area contributed by atoms with Gasteiger partial charge >= 0.3 is 6.03 Å². The van der Waals surface area contributed by atoms with Gasteiger partial charge in [0, 0.05) is 13.1 Å². The Hall–Kier alpha value is -2.77. The monoisotopic (exact) mass is 749 g/mol. The number of carbonyl (C=O) groups is 5. The van der Waals surface area contributed by atoms with Crippen molar-refractivity contribution in [3.63, 3.8) is 0 Å². The summed E-state index contributed by atoms with van der Waals surface area (Å²) in [7, 11) is -3.37. The zero-order chi connectivity index (χ0) is 37.5. The van der Waals surface area contributed by atoms with Gasteiger partial charge < -0.3 is 26.2 Å². The second-order valence-electron chi connectivity index (χ2n) is 17.7. The number of hydrogen-bond donors (Lipinski definition) is 4. The lowest BCUT2D eigenvalue weighted by molar-refractivity contribution is -0.146. The van der Waals surface area contributed by atoms with Gasteiger partial charge in [-0.25, -0.2) is 17.6 Å². The average Bonchev–Trinajstić information content (AvgIpc) is 3.91. The summed E-state index contributed by atoms with van der Waals surface area (Å²) in [5.41, 5.74) is -1.70. The molecule has 0 spiro atoms. The third-order valence-corrected chi connectivity index (χ3v) is 16.2. The van der Waals surface area contributed by atoms with Crippen LogP contribution in [0.3, 0.4) is 0 Å². The Bertz CT molecular complexity index is 1500. The number of piperidine rings is 1. The summed E-state index contributed by atoms with van der Waals surface area (Å²) in [5, 5.41) is 10.7. The zero-order valence-electron chi connectivity index (χ0n) is 31.3. The van der Waals surface area contributed by atoms with E-state index in [0.717, 1.165) is 51.4 Å². The molecule has 0 bridgehead atoms. The van der Waals surface area contributed by atoms with Crippen molar-refractivity contribution in [3.8, 4) is 0 Å². The molecule has 6 fully saturated rings. The lowest BCUT2D eigenvalue weighted by Gasteiger charge is -2.45. The summed E-state index contributed by atoms with van der Waals surface area (Å²) in [6.45, 7) is 5.36. The largest absolute Gasteiger partial charge is 0.347 e. The first-order valence-electron chi connectivity index (χ1n) is 19.9. The van der Waals surface area contributed by atoms with Gasteiger partial charge in [-0.1, -0.05) is 72.1 Å². The minimum atomic E-state index is -3.37. The molecule has 0 radical (unpaired) electrons. The van der Waals surface area contributed by atoms with Crippen LogP contribution >= 0.6 is 0 Å². The predicted molar refractivity (Wildman–Crippen MR) is 193 cm³/mol. The fourth-order valence-corrected chi connectivity index (χ4v) is 12.8. The van der Waals surface area contributed by atoms with Gasteiger partial charge in [0.2, 0.25) is 17.6 Å². The number of alkyl halides is 1. The normalized spacial score (nSPS) is 30.7. The van der Waals surface area contributed by atoms with Gasteiger partial charge in [-0.15, -0.1) is 0 Å². The first kappa shape index (κ1) is 38.9. The molecule has 4 N–H and O–H groups in total. The predicted octanol–water partition coefficient (Wildman–Crippen LogP) is 3.72. The van der Waals surface area contributed by atoms with E-state index in [4.69, 9.17) is 0 Å². The molecule has 6 atom stereocenters. The van der Waals surface area contributed by atoms with E-state index in [2.05, 4.69) is 35.1 Å². The van der Waals surface area contributed by atoms with Crippen LogP contribution in [-0.2, 0) is 29.0 Å². The summed E-state index contributed by atoms with van der Waals surface area (Å²) in [6.07, 6.45) is 12.1. The molecule has 4 saturated carbocycles. The highest BCUT2D eigenvalue weighted by Crippen LogP contribution is 2.65. The number of Topliss-reactive ketones (excluding diaryl/α,β-unsaturated/α-hetero) is 1. The van der Waals surface area contributed by atoms with Crippen LogP contribution in [0.2, 0.25) is 0 Å². The summed E-state index contributed by atoms with van der Waals surface area (Å²) >= 11 is 0. The van der Waals surface area contributed by atoms with Crippen molar-refractivity contribution in [2.75, 3.05) is 25.5 Å². The van der Waals surface area contributed by atoms with Crippen molar-refractivity contribution in [2.45, 2.75) is 152 Å². The summed E-state index contributed by atoms with van der Waals surface area (Å²) in [5.74, 6) is -2.17. The second kappa shape index (κ2) is 15.2. The van der Waals surface area contributed by atoms with Crippen LogP contribution in [0.4, 0.5) is 9.18 Å². The molecule has 2 heterocycles. The molecular weight excluding hydrogens is 690 g/mol. The number of halogens is 1. The van der Waals surface area contributed by atoms with E-state index in [9.17, 15) is 36.8 Å². The Labute approximate surface area is 308 Å². The number of sulfone groups is 1. The Kier molecular flexibility index (Phi) is 11.4. The molecule has 52 heavy (non-hydrogen) atoms. The van der Waals surface area contributed by atoms with E-state index in [-0.39, 0.29) is 41.9 Å². The lowest BCUT2D eigenvalue weighted by atomic mass is 9.70. The molecule has 0 aromatic carbocycles. The third-order valence-electron chi connectivity index (χ3n) is 13.8. The maximum absolute atomic E-state index is 14.9. The first-order valence-corrected chi connectivity index (χ1v) is 21.6. The number of ketones is 1. The quantitative estimate of drug-likeness (QED) is 0.196. The highest BCUT2D eigenvalue weighted by molar-refractivity contribution is 7.92. The van der Waals surface area contributed by atoms with Gasteiger partial charge in [-0.2, -0.15) is 0 Å². The van der Waals surface area contributed by atoms with Gasteiger partial charge in [0.25, 0.3) is 5.91 Å². The van der Waals surface area contributed by atoms with Crippen LogP contribution in [0.15, 0.2) is 0 Å². The molecule has 2 saturated heterocycles. The Morgan fingerprint density at radius 3 is 2.12 bits per heavy atom. The van der Waals surface area contributed by atoms with Crippen molar-refractivity contribution < 1.29 is 36.8 Å². The van der Waals surface area contributed by atoms with E-state index in [0.29, 0.717) is 57.4 Å². The number of nitrogens with one attached hydrogen (secondary N) is 4. The first-order chi connectivity index (χ1) is 24.6. The van der Waals surface area contributed by atoms with Crippen molar-refractivity contribution in [2.24, 2.45) is 28.6 Å². The third kappa shape index (κ3) is 7.87. The number of rotatable bonds is 14. The van der Waals surface area contributed by atoms with Crippen LogP contribution in [-0.4, -0.2) is 97.3 Å². The molecule has 0 aromatic heterocycles. The topological polar surface area (TPSA) is 171 Å². The number of nitrogens with zero attached hydrogens (tertiary/aromatic N) is 1. The molecule has 4 aliphatic carbocycles. The Balaban J connectivity index is 1.24. The summed E-state index contributed by atoms with van der Waals surface area (Å²) in [6, 6.07) is -3.50. The van der Waals surface area contributed by atoms with Crippen molar-refractivity contribution in [3.05, 3.63) is 0 Å². The van der Waals surface area contributed by atoms with Crippen LogP contribution in [0.5, 0.6) is 0 Å². The molecule has 5 amide bonds. The number of carbonyl (C=O) groups excluding carboxylic acids is 5. The van der Waals surface area contributed by atoms with Gasteiger partial charge in [0.05, 0.1) is 22.6 Å².